The Morgan fingerprint density at radius 3 is 2.00 bits per heavy atom. The second kappa shape index (κ2) is 4.44. The van der Waals surface area contributed by atoms with Gasteiger partial charge in [0.1, 0.15) is 0 Å². The highest BCUT2D eigenvalue weighted by atomic mass is 19.4. The van der Waals surface area contributed by atoms with E-state index in [0.29, 0.717) is 5.69 Å². The molecule has 0 amide bonds. The Morgan fingerprint density at radius 1 is 1.06 bits per heavy atom. The van der Waals surface area contributed by atoms with Gasteiger partial charge in [-0.15, -0.1) is 0 Å². The van der Waals surface area contributed by atoms with Crippen LogP contribution in [0.3, 0.4) is 0 Å². The van der Waals surface area contributed by atoms with Crippen LogP contribution in [0.15, 0.2) is 12.3 Å². The molecule has 0 spiro atoms. The third kappa shape index (κ3) is 2.74. The van der Waals surface area contributed by atoms with Gasteiger partial charge in [-0.05, 0) is 23.5 Å². The van der Waals surface area contributed by atoms with E-state index in [0.717, 1.165) is 0 Å². The number of aromatic nitrogens is 1. The van der Waals surface area contributed by atoms with Crippen LogP contribution in [-0.4, -0.2) is 4.98 Å². The molecule has 0 aliphatic heterocycles. The van der Waals surface area contributed by atoms with E-state index in [2.05, 4.69) is 4.98 Å². The topological polar surface area (TPSA) is 12.9 Å². The van der Waals surface area contributed by atoms with E-state index < -0.39 is 11.7 Å². The van der Waals surface area contributed by atoms with Crippen molar-refractivity contribution in [1.82, 2.24) is 4.98 Å². The molecule has 1 rings (SSSR count). The number of halogens is 3. The van der Waals surface area contributed by atoms with Crippen molar-refractivity contribution in [3.63, 3.8) is 0 Å². The SMILES string of the molecule is CC(C)c1cc(C(F)(F)F)c(C(C)C)cn1. The van der Waals surface area contributed by atoms with Gasteiger partial charge in [-0.25, -0.2) is 0 Å². The molecule has 0 saturated heterocycles. The zero-order valence-electron chi connectivity index (χ0n) is 9.89. The molecule has 0 atom stereocenters. The smallest absolute Gasteiger partial charge is 0.261 e. The highest BCUT2D eigenvalue weighted by Crippen LogP contribution is 2.35. The van der Waals surface area contributed by atoms with Gasteiger partial charge in [0, 0.05) is 11.9 Å². The minimum absolute atomic E-state index is 0.00214. The average Bonchev–Trinajstić information content (AvgIpc) is 2.15. The Hall–Kier alpha value is -1.06. The first-order valence-electron chi connectivity index (χ1n) is 5.30. The molecule has 90 valence electrons. The third-order valence-electron chi connectivity index (χ3n) is 2.47. The molecule has 1 aromatic rings. The average molecular weight is 231 g/mol. The molecule has 1 aromatic heterocycles. The fourth-order valence-corrected chi connectivity index (χ4v) is 1.50. The predicted molar refractivity (Wildman–Crippen MR) is 57.4 cm³/mol. The van der Waals surface area contributed by atoms with E-state index in [4.69, 9.17) is 0 Å². The minimum Gasteiger partial charge on any atom is -0.261 e. The van der Waals surface area contributed by atoms with Gasteiger partial charge < -0.3 is 0 Å². The first-order chi connectivity index (χ1) is 7.23. The molecule has 0 radical (unpaired) electrons. The molecule has 0 fully saturated rings. The van der Waals surface area contributed by atoms with E-state index >= 15 is 0 Å². The van der Waals surface area contributed by atoms with Crippen LogP contribution in [0.4, 0.5) is 13.2 Å². The molecule has 16 heavy (non-hydrogen) atoms. The Balaban J connectivity index is 3.33. The molecule has 0 aliphatic carbocycles. The van der Waals surface area contributed by atoms with Crippen LogP contribution in [0, 0.1) is 0 Å². The maximum absolute atomic E-state index is 12.8. The zero-order chi connectivity index (χ0) is 12.5. The lowest BCUT2D eigenvalue weighted by atomic mass is 9.96. The Labute approximate surface area is 93.7 Å². The third-order valence-corrected chi connectivity index (χ3v) is 2.47. The first kappa shape index (κ1) is 13.0. The molecule has 0 bridgehead atoms. The largest absolute Gasteiger partial charge is 0.416 e. The number of nitrogens with zero attached hydrogens (tertiary/aromatic N) is 1. The summed E-state index contributed by atoms with van der Waals surface area (Å²) in [6.07, 6.45) is -2.95. The lowest BCUT2D eigenvalue weighted by molar-refractivity contribution is -0.138. The quantitative estimate of drug-likeness (QED) is 0.737. The monoisotopic (exact) mass is 231 g/mol. The van der Waals surface area contributed by atoms with Crippen molar-refractivity contribution in [1.29, 1.82) is 0 Å². The van der Waals surface area contributed by atoms with Gasteiger partial charge in [0.25, 0.3) is 0 Å². The lowest BCUT2D eigenvalue weighted by Gasteiger charge is -2.17. The summed E-state index contributed by atoms with van der Waals surface area (Å²) in [6, 6.07) is 1.17. The van der Waals surface area contributed by atoms with Crippen LogP contribution in [0.5, 0.6) is 0 Å². The van der Waals surface area contributed by atoms with Gasteiger partial charge in [0.05, 0.1) is 5.56 Å². The number of hydrogen-bond acceptors (Lipinski definition) is 1. The molecule has 0 saturated carbocycles. The molecular formula is C12H16F3N. The first-order valence-corrected chi connectivity index (χ1v) is 5.30. The molecule has 0 N–H and O–H groups in total. The molecule has 0 aliphatic rings. The van der Waals surface area contributed by atoms with E-state index in [9.17, 15) is 13.2 Å². The predicted octanol–water partition coefficient (Wildman–Crippen LogP) is 4.35. The summed E-state index contributed by atoms with van der Waals surface area (Å²) in [4.78, 5) is 4.07. The summed E-state index contributed by atoms with van der Waals surface area (Å²) < 4.78 is 38.5. The maximum atomic E-state index is 12.8. The fourth-order valence-electron chi connectivity index (χ4n) is 1.50. The van der Waals surface area contributed by atoms with Crippen LogP contribution >= 0.6 is 0 Å². The molecule has 0 unspecified atom stereocenters. The van der Waals surface area contributed by atoms with Crippen molar-refractivity contribution in [3.05, 3.63) is 29.1 Å². The summed E-state index contributed by atoms with van der Waals surface area (Å²) in [7, 11) is 0. The van der Waals surface area contributed by atoms with Crippen molar-refractivity contribution in [3.8, 4) is 0 Å². The zero-order valence-corrected chi connectivity index (χ0v) is 9.89. The number of hydrogen-bond donors (Lipinski definition) is 0. The van der Waals surface area contributed by atoms with Gasteiger partial charge in [-0.2, -0.15) is 13.2 Å². The summed E-state index contributed by atoms with van der Waals surface area (Å²) >= 11 is 0. The molecular weight excluding hydrogens is 215 g/mol. The molecule has 1 heterocycles. The highest BCUT2D eigenvalue weighted by Gasteiger charge is 2.34. The molecule has 1 nitrogen and oxygen atoms in total. The molecule has 4 heteroatoms. The van der Waals surface area contributed by atoms with Gasteiger partial charge >= 0.3 is 6.18 Å². The van der Waals surface area contributed by atoms with Crippen LogP contribution in [0.1, 0.15) is 56.4 Å². The van der Waals surface area contributed by atoms with Crippen LogP contribution < -0.4 is 0 Å². The lowest BCUT2D eigenvalue weighted by Crippen LogP contribution is -2.12. The van der Waals surface area contributed by atoms with Gasteiger partial charge in [0.2, 0.25) is 0 Å². The van der Waals surface area contributed by atoms with Crippen LogP contribution in [0.2, 0.25) is 0 Å². The molecule has 0 aromatic carbocycles. The standard InChI is InChI=1S/C12H16F3N/c1-7(2)9-6-16-11(8(3)4)5-10(9)12(13,14)15/h5-8H,1-4H3. The maximum Gasteiger partial charge on any atom is 0.416 e. The van der Waals surface area contributed by atoms with Gasteiger partial charge in [-0.3, -0.25) is 4.98 Å². The van der Waals surface area contributed by atoms with Crippen LogP contribution in [0.25, 0.3) is 0 Å². The summed E-state index contributed by atoms with van der Waals surface area (Å²) in [5.74, 6) is -0.173. The van der Waals surface area contributed by atoms with Crippen molar-refractivity contribution >= 4 is 0 Å². The highest BCUT2D eigenvalue weighted by molar-refractivity contribution is 5.32. The van der Waals surface area contributed by atoms with Gasteiger partial charge in [0.15, 0.2) is 0 Å². The minimum atomic E-state index is -4.30. The fraction of sp³-hybridized carbons (Fsp3) is 0.583. The summed E-state index contributed by atoms with van der Waals surface area (Å²) in [6.45, 7) is 7.14. The number of rotatable bonds is 2. The normalized spacial score (nSPS) is 12.6. The number of alkyl halides is 3. The van der Waals surface area contributed by atoms with Gasteiger partial charge in [-0.1, -0.05) is 27.7 Å². The van der Waals surface area contributed by atoms with Crippen molar-refractivity contribution in [2.45, 2.75) is 45.7 Å². The summed E-state index contributed by atoms with van der Waals surface area (Å²) in [5, 5.41) is 0. The van der Waals surface area contributed by atoms with E-state index in [1.54, 1.807) is 13.8 Å². The van der Waals surface area contributed by atoms with E-state index in [1.165, 1.54) is 12.3 Å². The second-order valence-corrected chi connectivity index (χ2v) is 4.50. The summed E-state index contributed by atoms with van der Waals surface area (Å²) in [5.41, 5.74) is 0.190. The van der Waals surface area contributed by atoms with E-state index in [1.807, 2.05) is 13.8 Å². The Morgan fingerprint density at radius 2 is 1.62 bits per heavy atom. The van der Waals surface area contributed by atoms with Crippen molar-refractivity contribution in [2.75, 3.05) is 0 Å². The Kier molecular flexibility index (Phi) is 3.61. The van der Waals surface area contributed by atoms with Crippen LogP contribution in [-0.2, 0) is 6.18 Å². The number of pyridine rings is 1. The van der Waals surface area contributed by atoms with Crippen molar-refractivity contribution in [2.24, 2.45) is 0 Å². The van der Waals surface area contributed by atoms with E-state index in [-0.39, 0.29) is 17.4 Å². The Bertz CT molecular complexity index is 367. The van der Waals surface area contributed by atoms with Crippen molar-refractivity contribution < 1.29 is 13.2 Å². The second-order valence-electron chi connectivity index (χ2n) is 4.50.